The van der Waals surface area contributed by atoms with Crippen LogP contribution in [0, 0.1) is 11.7 Å². The molecule has 0 bridgehead atoms. The third-order valence-electron chi connectivity index (χ3n) is 6.32. The summed E-state index contributed by atoms with van der Waals surface area (Å²) in [5, 5.41) is 4.53. The Morgan fingerprint density at radius 2 is 1.71 bits per heavy atom. The Hall–Kier alpha value is -3.57. The van der Waals surface area contributed by atoms with Crippen LogP contribution in [-0.4, -0.2) is 25.4 Å². The highest BCUT2D eigenvalue weighted by Gasteiger charge is 2.33. The molecule has 1 N–H and O–H groups in total. The first kappa shape index (κ1) is 24.6. The first-order valence-electron chi connectivity index (χ1n) is 11.9. The molecule has 0 aliphatic carbocycles. The number of aromatic nitrogens is 1. The van der Waals surface area contributed by atoms with Gasteiger partial charge in [0.15, 0.2) is 0 Å². The highest BCUT2D eigenvalue weighted by molar-refractivity contribution is 5.89. The van der Waals surface area contributed by atoms with Crippen molar-refractivity contribution in [2.24, 2.45) is 10.9 Å². The number of methoxy groups -OCH3 is 1. The van der Waals surface area contributed by atoms with E-state index in [0.29, 0.717) is 24.8 Å². The monoisotopic (exact) mass is 469 g/mol. The maximum Gasteiger partial charge on any atom is 0.150 e. The SMILES string of the molecule is C=NCC(CC(C)C)(NCc1c(OC)c(-c2ccccc2)nc2ccc(F)cc12)c1ccccc1. The third-order valence-corrected chi connectivity index (χ3v) is 6.32. The van der Waals surface area contributed by atoms with E-state index in [1.54, 1.807) is 13.2 Å². The average molecular weight is 470 g/mol. The molecule has 3 aromatic carbocycles. The standard InChI is InChI=1S/C30H32FN3O/c1-21(2)18-30(20-32-3,23-13-9-6-10-14-23)33-19-26-25-17-24(31)15-16-27(25)34-28(29(26)35-4)22-11-7-5-8-12-22/h5-17,21,33H,3,18-20H2,1-2,4H3. The summed E-state index contributed by atoms with van der Waals surface area (Å²) < 4.78 is 20.3. The summed E-state index contributed by atoms with van der Waals surface area (Å²) in [4.78, 5) is 9.18. The first-order valence-corrected chi connectivity index (χ1v) is 11.9. The smallest absolute Gasteiger partial charge is 0.150 e. The van der Waals surface area contributed by atoms with E-state index in [4.69, 9.17) is 9.72 Å². The van der Waals surface area contributed by atoms with Gasteiger partial charge in [-0.3, -0.25) is 4.99 Å². The zero-order chi connectivity index (χ0) is 24.8. The molecule has 5 heteroatoms. The topological polar surface area (TPSA) is 46.5 Å². The van der Waals surface area contributed by atoms with Gasteiger partial charge < -0.3 is 10.1 Å². The van der Waals surface area contributed by atoms with Crippen LogP contribution in [0.4, 0.5) is 4.39 Å². The number of benzene rings is 3. The molecule has 35 heavy (non-hydrogen) atoms. The van der Waals surface area contributed by atoms with Crippen molar-refractivity contribution in [3.63, 3.8) is 0 Å². The Morgan fingerprint density at radius 3 is 2.34 bits per heavy atom. The van der Waals surface area contributed by atoms with Crippen LogP contribution in [0.15, 0.2) is 83.9 Å². The Balaban J connectivity index is 1.88. The molecular formula is C30H32FN3O. The minimum Gasteiger partial charge on any atom is -0.494 e. The highest BCUT2D eigenvalue weighted by atomic mass is 19.1. The number of ether oxygens (including phenoxy) is 1. The Kier molecular flexibility index (Phi) is 7.57. The predicted molar refractivity (Wildman–Crippen MR) is 143 cm³/mol. The molecule has 1 aromatic heterocycles. The molecule has 0 spiro atoms. The van der Waals surface area contributed by atoms with Crippen molar-refractivity contribution in [1.29, 1.82) is 0 Å². The lowest BCUT2D eigenvalue weighted by Gasteiger charge is -2.36. The van der Waals surface area contributed by atoms with Crippen molar-refractivity contribution < 1.29 is 9.13 Å². The van der Waals surface area contributed by atoms with Crippen LogP contribution in [0.25, 0.3) is 22.2 Å². The Bertz CT molecular complexity index is 1290. The van der Waals surface area contributed by atoms with E-state index in [0.717, 1.165) is 39.7 Å². The van der Waals surface area contributed by atoms with Gasteiger partial charge in [-0.2, -0.15) is 0 Å². The first-order chi connectivity index (χ1) is 17.0. The summed E-state index contributed by atoms with van der Waals surface area (Å²) in [6.45, 7) is 9.17. The lowest BCUT2D eigenvalue weighted by atomic mass is 9.82. The van der Waals surface area contributed by atoms with Gasteiger partial charge in [-0.05, 0) is 42.8 Å². The fourth-order valence-electron chi connectivity index (χ4n) is 4.88. The molecule has 1 atom stereocenters. The zero-order valence-electron chi connectivity index (χ0n) is 20.6. The molecule has 0 radical (unpaired) electrons. The number of aliphatic imine (C=N–C) groups is 1. The number of hydrogen-bond acceptors (Lipinski definition) is 4. The van der Waals surface area contributed by atoms with E-state index in [2.05, 4.69) is 43.0 Å². The van der Waals surface area contributed by atoms with Gasteiger partial charge in [-0.25, -0.2) is 9.37 Å². The van der Waals surface area contributed by atoms with Gasteiger partial charge in [0.2, 0.25) is 0 Å². The molecule has 180 valence electrons. The summed E-state index contributed by atoms with van der Waals surface area (Å²) in [7, 11) is 1.64. The molecule has 0 amide bonds. The van der Waals surface area contributed by atoms with Crippen molar-refractivity contribution in [3.8, 4) is 17.0 Å². The number of fused-ring (bicyclic) bond motifs is 1. The number of hydrogen-bond donors (Lipinski definition) is 1. The molecule has 0 aliphatic rings. The van der Waals surface area contributed by atoms with E-state index in [1.165, 1.54) is 12.1 Å². The summed E-state index contributed by atoms with van der Waals surface area (Å²) in [5.41, 5.74) is 3.98. The van der Waals surface area contributed by atoms with E-state index >= 15 is 0 Å². The second kappa shape index (κ2) is 10.8. The van der Waals surface area contributed by atoms with E-state index in [1.807, 2.05) is 48.5 Å². The summed E-state index contributed by atoms with van der Waals surface area (Å²) in [6.07, 6.45) is 0.862. The number of rotatable bonds is 10. The molecule has 1 heterocycles. The van der Waals surface area contributed by atoms with Gasteiger partial charge in [0.1, 0.15) is 17.3 Å². The Morgan fingerprint density at radius 1 is 1.03 bits per heavy atom. The van der Waals surface area contributed by atoms with E-state index < -0.39 is 5.54 Å². The average Bonchev–Trinajstić information content (AvgIpc) is 2.87. The van der Waals surface area contributed by atoms with Gasteiger partial charge in [0.25, 0.3) is 0 Å². The van der Waals surface area contributed by atoms with Gasteiger partial charge in [0, 0.05) is 23.1 Å². The van der Waals surface area contributed by atoms with Gasteiger partial charge in [-0.1, -0.05) is 74.5 Å². The number of pyridine rings is 1. The quantitative estimate of drug-likeness (QED) is 0.260. The summed E-state index contributed by atoms with van der Waals surface area (Å²) in [6, 6.07) is 25.0. The van der Waals surface area contributed by atoms with Crippen LogP contribution >= 0.6 is 0 Å². The van der Waals surface area contributed by atoms with Crippen molar-refractivity contribution in [2.75, 3.05) is 13.7 Å². The van der Waals surface area contributed by atoms with Crippen LogP contribution in [0.3, 0.4) is 0 Å². The molecule has 4 nitrogen and oxygen atoms in total. The van der Waals surface area contributed by atoms with Crippen LogP contribution < -0.4 is 10.1 Å². The van der Waals surface area contributed by atoms with Crippen molar-refractivity contribution >= 4 is 17.6 Å². The lowest BCUT2D eigenvalue weighted by Crippen LogP contribution is -2.46. The van der Waals surface area contributed by atoms with E-state index in [-0.39, 0.29) is 5.82 Å². The molecule has 4 rings (SSSR count). The largest absolute Gasteiger partial charge is 0.494 e. The van der Waals surface area contributed by atoms with Crippen LogP contribution in [0.1, 0.15) is 31.4 Å². The van der Waals surface area contributed by atoms with Crippen LogP contribution in [0.2, 0.25) is 0 Å². The third kappa shape index (κ3) is 5.25. The summed E-state index contributed by atoms with van der Waals surface area (Å²) >= 11 is 0. The lowest BCUT2D eigenvalue weighted by molar-refractivity contribution is 0.276. The van der Waals surface area contributed by atoms with Crippen molar-refractivity contribution in [1.82, 2.24) is 10.3 Å². The van der Waals surface area contributed by atoms with Crippen molar-refractivity contribution in [3.05, 3.63) is 95.8 Å². The highest BCUT2D eigenvalue weighted by Crippen LogP contribution is 2.38. The van der Waals surface area contributed by atoms with Crippen LogP contribution in [0.5, 0.6) is 5.75 Å². The summed E-state index contributed by atoms with van der Waals surface area (Å²) in [5.74, 6) is 0.747. The molecule has 0 saturated carbocycles. The molecule has 0 aliphatic heterocycles. The fourth-order valence-corrected chi connectivity index (χ4v) is 4.88. The van der Waals surface area contributed by atoms with Gasteiger partial charge >= 0.3 is 0 Å². The zero-order valence-corrected chi connectivity index (χ0v) is 20.6. The van der Waals surface area contributed by atoms with Crippen LogP contribution in [-0.2, 0) is 12.1 Å². The molecule has 1 unspecified atom stereocenters. The minimum absolute atomic E-state index is 0.306. The van der Waals surface area contributed by atoms with E-state index in [9.17, 15) is 4.39 Å². The molecule has 0 saturated heterocycles. The van der Waals surface area contributed by atoms with Gasteiger partial charge in [-0.15, -0.1) is 0 Å². The molecule has 4 aromatic rings. The molecular weight excluding hydrogens is 437 g/mol. The maximum absolute atomic E-state index is 14.4. The Labute approximate surface area is 206 Å². The second-order valence-electron chi connectivity index (χ2n) is 9.28. The second-order valence-corrected chi connectivity index (χ2v) is 9.28. The normalized spacial score (nSPS) is 13.1. The number of halogens is 1. The minimum atomic E-state index is -0.433. The van der Waals surface area contributed by atoms with Gasteiger partial charge in [0.05, 0.1) is 24.7 Å². The maximum atomic E-state index is 14.4. The number of nitrogens with zero attached hydrogens (tertiary/aromatic N) is 2. The molecule has 0 fully saturated rings. The fraction of sp³-hybridized carbons (Fsp3) is 0.267. The number of nitrogens with one attached hydrogen (secondary N) is 1. The predicted octanol–water partition coefficient (Wildman–Crippen LogP) is 6.78. The van der Waals surface area contributed by atoms with Crippen molar-refractivity contribution in [2.45, 2.75) is 32.4 Å².